The minimum Gasteiger partial charge on any atom is -0.339 e. The topological polar surface area (TPSA) is 87.9 Å². The third-order valence-corrected chi connectivity index (χ3v) is 4.58. The van der Waals surface area contributed by atoms with Crippen molar-refractivity contribution < 1.29 is 9.32 Å². The first-order chi connectivity index (χ1) is 11.6. The van der Waals surface area contributed by atoms with Crippen LogP contribution in [0.15, 0.2) is 10.7 Å². The average molecular weight is 331 g/mol. The molecule has 24 heavy (non-hydrogen) atoms. The number of hydrogen-bond donors (Lipinski definition) is 1. The van der Waals surface area contributed by atoms with E-state index in [1.807, 2.05) is 31.9 Å². The number of hydrogen-bond acceptors (Lipinski definition) is 5. The van der Waals surface area contributed by atoms with Gasteiger partial charge in [0.2, 0.25) is 11.8 Å². The zero-order valence-corrected chi connectivity index (χ0v) is 14.6. The quantitative estimate of drug-likeness (QED) is 0.910. The van der Waals surface area contributed by atoms with Gasteiger partial charge >= 0.3 is 0 Å². The van der Waals surface area contributed by atoms with Crippen molar-refractivity contribution in [3.8, 4) is 0 Å². The van der Waals surface area contributed by atoms with Crippen molar-refractivity contribution in [3.05, 3.63) is 29.2 Å². The normalized spacial score (nSPS) is 18.3. The minimum absolute atomic E-state index is 0.0997. The number of carbonyl (C=O) groups excluding carboxylic acids is 1. The van der Waals surface area contributed by atoms with Crippen LogP contribution in [0.3, 0.4) is 0 Å². The summed E-state index contributed by atoms with van der Waals surface area (Å²) in [5, 5.41) is 11.1. The Labute approximate surface area is 141 Å². The van der Waals surface area contributed by atoms with E-state index in [4.69, 9.17) is 4.52 Å². The second kappa shape index (κ2) is 7.15. The van der Waals surface area contributed by atoms with E-state index in [1.54, 1.807) is 0 Å². The van der Waals surface area contributed by atoms with Crippen molar-refractivity contribution in [2.75, 3.05) is 6.54 Å². The smallest absolute Gasteiger partial charge is 0.227 e. The number of aryl methyl sites for hydroxylation is 2. The van der Waals surface area contributed by atoms with Crippen LogP contribution in [0.1, 0.15) is 74.5 Å². The lowest BCUT2D eigenvalue weighted by molar-refractivity contribution is -0.135. The minimum atomic E-state index is 0.0997. The number of H-pyrrole nitrogens is 1. The number of piperidine rings is 1. The fourth-order valence-corrected chi connectivity index (χ4v) is 3.19. The van der Waals surface area contributed by atoms with Crippen molar-refractivity contribution in [3.63, 3.8) is 0 Å². The average Bonchev–Trinajstić information content (AvgIpc) is 3.21. The number of likely N-dealkylation sites (tertiary alicyclic amines) is 1. The lowest BCUT2D eigenvalue weighted by atomic mass is 9.97. The molecule has 0 radical (unpaired) electrons. The Morgan fingerprint density at radius 1 is 1.46 bits per heavy atom. The molecule has 7 nitrogen and oxygen atoms in total. The highest BCUT2D eigenvalue weighted by Gasteiger charge is 2.30. The van der Waals surface area contributed by atoms with Gasteiger partial charge in [-0.05, 0) is 31.7 Å². The maximum Gasteiger partial charge on any atom is 0.227 e. The summed E-state index contributed by atoms with van der Waals surface area (Å²) in [5.74, 6) is 1.60. The maximum atomic E-state index is 12.7. The highest BCUT2D eigenvalue weighted by Crippen LogP contribution is 2.31. The summed E-state index contributed by atoms with van der Waals surface area (Å²) in [6, 6.07) is 0.0997. The van der Waals surface area contributed by atoms with Crippen LogP contribution in [0.4, 0.5) is 0 Å². The van der Waals surface area contributed by atoms with E-state index in [-0.39, 0.29) is 17.9 Å². The first kappa shape index (κ1) is 16.7. The molecule has 0 spiro atoms. The van der Waals surface area contributed by atoms with Crippen LogP contribution in [-0.4, -0.2) is 37.7 Å². The van der Waals surface area contributed by atoms with E-state index in [9.17, 15) is 4.79 Å². The van der Waals surface area contributed by atoms with Crippen LogP contribution in [-0.2, 0) is 11.2 Å². The zero-order valence-electron chi connectivity index (χ0n) is 14.6. The fourth-order valence-electron chi connectivity index (χ4n) is 3.19. The summed E-state index contributed by atoms with van der Waals surface area (Å²) < 4.78 is 5.23. The molecule has 0 unspecified atom stereocenters. The number of aromatic nitrogens is 4. The summed E-state index contributed by atoms with van der Waals surface area (Å²) in [4.78, 5) is 19.1. The van der Waals surface area contributed by atoms with Crippen LogP contribution in [0, 0.1) is 6.92 Å². The Balaban J connectivity index is 1.64. The Morgan fingerprint density at radius 3 is 2.96 bits per heavy atom. The molecule has 1 saturated heterocycles. The number of carbonyl (C=O) groups is 1. The standard InChI is InChI=1S/C17H25N5O2/c1-11(2)17-19-14(24-21-17)7-8-15(23)22-9-5-4-6-13(22)16-12(3)10-18-20-16/h10-11,13H,4-9H2,1-3H3,(H,18,20)/t13-/m1/s1. The Morgan fingerprint density at radius 2 is 2.29 bits per heavy atom. The Kier molecular flexibility index (Phi) is 4.97. The van der Waals surface area contributed by atoms with Gasteiger partial charge in [0, 0.05) is 25.3 Å². The molecule has 1 amide bonds. The monoisotopic (exact) mass is 331 g/mol. The van der Waals surface area contributed by atoms with Gasteiger partial charge < -0.3 is 9.42 Å². The van der Waals surface area contributed by atoms with Gasteiger partial charge in [0.05, 0.1) is 17.9 Å². The zero-order chi connectivity index (χ0) is 17.1. The van der Waals surface area contributed by atoms with Crippen LogP contribution in [0.25, 0.3) is 0 Å². The van der Waals surface area contributed by atoms with Crippen molar-refractivity contribution in [1.29, 1.82) is 0 Å². The van der Waals surface area contributed by atoms with Crippen molar-refractivity contribution >= 4 is 5.91 Å². The second-order valence-corrected chi connectivity index (χ2v) is 6.77. The van der Waals surface area contributed by atoms with Crippen molar-refractivity contribution in [1.82, 2.24) is 25.2 Å². The molecule has 0 aliphatic carbocycles. The van der Waals surface area contributed by atoms with Gasteiger partial charge in [0.25, 0.3) is 0 Å². The first-order valence-corrected chi connectivity index (χ1v) is 8.68. The number of nitrogens with one attached hydrogen (secondary N) is 1. The molecule has 3 heterocycles. The van der Waals surface area contributed by atoms with E-state index in [2.05, 4.69) is 20.3 Å². The lowest BCUT2D eigenvalue weighted by Gasteiger charge is -2.35. The van der Waals surface area contributed by atoms with Gasteiger partial charge in [-0.25, -0.2) is 0 Å². The van der Waals surface area contributed by atoms with E-state index in [1.165, 1.54) is 0 Å². The Hall–Kier alpha value is -2.18. The lowest BCUT2D eigenvalue weighted by Crippen LogP contribution is -2.39. The number of nitrogens with zero attached hydrogens (tertiary/aromatic N) is 4. The molecule has 0 bridgehead atoms. The molecule has 7 heteroatoms. The molecular weight excluding hydrogens is 306 g/mol. The molecule has 0 saturated carbocycles. The summed E-state index contributed by atoms with van der Waals surface area (Å²) in [6.45, 7) is 6.86. The molecule has 1 N–H and O–H groups in total. The molecule has 1 fully saturated rings. The molecule has 2 aromatic rings. The summed E-state index contributed by atoms with van der Waals surface area (Å²) in [7, 11) is 0. The SMILES string of the molecule is Cc1cn[nH]c1[C@H]1CCCCN1C(=O)CCc1nc(C(C)C)no1. The molecule has 1 aliphatic heterocycles. The highest BCUT2D eigenvalue weighted by molar-refractivity contribution is 5.77. The van der Waals surface area contributed by atoms with E-state index >= 15 is 0 Å². The predicted octanol–water partition coefficient (Wildman–Crippen LogP) is 2.91. The second-order valence-electron chi connectivity index (χ2n) is 6.77. The number of rotatable bonds is 5. The molecule has 3 rings (SSSR count). The number of aromatic amines is 1. The molecule has 2 aromatic heterocycles. The summed E-state index contributed by atoms with van der Waals surface area (Å²) in [6.07, 6.45) is 5.86. The summed E-state index contributed by atoms with van der Waals surface area (Å²) in [5.41, 5.74) is 2.17. The van der Waals surface area contributed by atoms with E-state index < -0.39 is 0 Å². The van der Waals surface area contributed by atoms with E-state index in [0.29, 0.717) is 24.6 Å². The van der Waals surface area contributed by atoms with Crippen LogP contribution >= 0.6 is 0 Å². The molecular formula is C17H25N5O2. The van der Waals surface area contributed by atoms with Gasteiger partial charge in [-0.3, -0.25) is 9.89 Å². The third kappa shape index (κ3) is 3.49. The molecule has 1 atom stereocenters. The Bertz CT molecular complexity index is 691. The third-order valence-electron chi connectivity index (χ3n) is 4.58. The highest BCUT2D eigenvalue weighted by atomic mass is 16.5. The van der Waals surface area contributed by atoms with Crippen LogP contribution in [0.2, 0.25) is 0 Å². The van der Waals surface area contributed by atoms with Crippen molar-refractivity contribution in [2.45, 2.75) is 64.8 Å². The van der Waals surface area contributed by atoms with Crippen LogP contribution in [0.5, 0.6) is 0 Å². The van der Waals surface area contributed by atoms with Gasteiger partial charge in [0.15, 0.2) is 5.82 Å². The first-order valence-electron chi connectivity index (χ1n) is 8.68. The number of amides is 1. The van der Waals surface area contributed by atoms with E-state index in [0.717, 1.165) is 37.1 Å². The molecule has 0 aromatic carbocycles. The molecule has 1 aliphatic rings. The van der Waals surface area contributed by atoms with Gasteiger partial charge in [-0.15, -0.1) is 0 Å². The van der Waals surface area contributed by atoms with Crippen molar-refractivity contribution in [2.24, 2.45) is 0 Å². The van der Waals surface area contributed by atoms with Gasteiger partial charge in [0.1, 0.15) is 0 Å². The maximum absolute atomic E-state index is 12.7. The summed E-state index contributed by atoms with van der Waals surface area (Å²) >= 11 is 0. The van der Waals surface area contributed by atoms with Gasteiger partial charge in [-0.2, -0.15) is 10.1 Å². The predicted molar refractivity (Wildman–Crippen MR) is 88.3 cm³/mol. The van der Waals surface area contributed by atoms with Crippen LogP contribution < -0.4 is 0 Å². The molecule has 130 valence electrons. The van der Waals surface area contributed by atoms with Gasteiger partial charge in [-0.1, -0.05) is 19.0 Å². The largest absolute Gasteiger partial charge is 0.339 e. The fraction of sp³-hybridized carbons (Fsp3) is 0.647.